The van der Waals surface area contributed by atoms with E-state index in [0.717, 1.165) is 6.54 Å². The van der Waals surface area contributed by atoms with Gasteiger partial charge in [0.2, 0.25) is 0 Å². The van der Waals surface area contributed by atoms with E-state index in [1.807, 2.05) is 11.3 Å². The van der Waals surface area contributed by atoms with E-state index in [-0.39, 0.29) is 0 Å². The summed E-state index contributed by atoms with van der Waals surface area (Å²) < 4.78 is 0. The molecule has 1 nitrogen and oxygen atoms in total. The van der Waals surface area contributed by atoms with Gasteiger partial charge in [-0.25, -0.2) is 0 Å². The number of aryl methyl sites for hydroxylation is 1. The Kier molecular flexibility index (Phi) is 3.41. The molecule has 0 atom stereocenters. The fraction of sp³-hybridized carbons (Fsp3) is 0.714. The zero-order valence-corrected chi connectivity index (χ0v) is 11.7. The number of thiophene rings is 1. The third-order valence-corrected chi connectivity index (χ3v) is 4.62. The molecule has 2 rings (SSSR count). The Morgan fingerprint density at radius 3 is 2.88 bits per heavy atom. The first-order valence-electron chi connectivity index (χ1n) is 6.34. The molecule has 0 amide bonds. The van der Waals surface area contributed by atoms with Gasteiger partial charge in [-0.1, -0.05) is 27.7 Å². The van der Waals surface area contributed by atoms with E-state index in [9.17, 15) is 0 Å². The lowest BCUT2D eigenvalue weighted by Gasteiger charge is -2.31. The molecule has 1 N–H and O–H groups in total. The van der Waals surface area contributed by atoms with E-state index in [1.165, 1.54) is 19.3 Å². The molecule has 1 aliphatic rings. The standard InChI is InChI=1S/C14H23NS/c1-10(2)15-8-11-9-16-12-6-5-7-14(3,4)13(11)12/h9-10,15H,5-8H2,1-4H3. The van der Waals surface area contributed by atoms with Gasteiger partial charge in [0, 0.05) is 17.5 Å². The zero-order valence-electron chi connectivity index (χ0n) is 10.9. The molecule has 2 heteroatoms. The smallest absolute Gasteiger partial charge is 0.0219 e. The maximum atomic E-state index is 3.54. The highest BCUT2D eigenvalue weighted by molar-refractivity contribution is 7.10. The Balaban J connectivity index is 2.24. The predicted octanol–water partition coefficient (Wildman–Crippen LogP) is 3.86. The molecule has 0 unspecified atom stereocenters. The second-order valence-electron chi connectivity index (χ2n) is 5.83. The van der Waals surface area contributed by atoms with Crippen LogP contribution in [0.1, 0.15) is 56.5 Å². The maximum Gasteiger partial charge on any atom is 0.0219 e. The molecule has 1 aromatic rings. The lowest BCUT2D eigenvalue weighted by Crippen LogP contribution is -2.27. The van der Waals surface area contributed by atoms with Crippen LogP contribution in [-0.2, 0) is 18.4 Å². The van der Waals surface area contributed by atoms with Crippen LogP contribution in [0.25, 0.3) is 0 Å². The summed E-state index contributed by atoms with van der Waals surface area (Å²) in [6, 6.07) is 0.572. The van der Waals surface area contributed by atoms with Gasteiger partial charge in [0.05, 0.1) is 0 Å². The van der Waals surface area contributed by atoms with Crippen LogP contribution in [0, 0.1) is 0 Å². The Morgan fingerprint density at radius 1 is 1.44 bits per heavy atom. The largest absolute Gasteiger partial charge is 0.310 e. The Hall–Kier alpha value is -0.340. The van der Waals surface area contributed by atoms with Crippen LogP contribution >= 0.6 is 11.3 Å². The van der Waals surface area contributed by atoms with Crippen molar-refractivity contribution in [3.05, 3.63) is 21.4 Å². The van der Waals surface area contributed by atoms with Gasteiger partial charge in [-0.15, -0.1) is 11.3 Å². The molecular formula is C14H23NS. The SMILES string of the molecule is CC(C)NCc1csc2c1C(C)(C)CCC2. The van der Waals surface area contributed by atoms with Gasteiger partial charge < -0.3 is 5.32 Å². The normalized spacial score (nSPS) is 18.8. The summed E-state index contributed by atoms with van der Waals surface area (Å²) >= 11 is 1.97. The number of fused-ring (bicyclic) bond motifs is 1. The first kappa shape index (κ1) is 12.1. The monoisotopic (exact) mass is 237 g/mol. The first-order chi connectivity index (χ1) is 7.50. The predicted molar refractivity (Wildman–Crippen MR) is 72.3 cm³/mol. The summed E-state index contributed by atoms with van der Waals surface area (Å²) in [5, 5.41) is 5.91. The van der Waals surface area contributed by atoms with Crippen LogP contribution in [-0.4, -0.2) is 6.04 Å². The third kappa shape index (κ3) is 2.33. The molecule has 90 valence electrons. The fourth-order valence-corrected chi connectivity index (χ4v) is 3.97. The number of hydrogen-bond acceptors (Lipinski definition) is 2. The summed E-state index contributed by atoms with van der Waals surface area (Å²) in [5.74, 6) is 0. The lowest BCUT2D eigenvalue weighted by molar-refractivity contribution is 0.430. The minimum atomic E-state index is 0.390. The molecular weight excluding hydrogens is 214 g/mol. The molecule has 0 saturated heterocycles. The Labute approximate surface area is 103 Å². The topological polar surface area (TPSA) is 12.0 Å². The van der Waals surface area contributed by atoms with Gasteiger partial charge in [0.1, 0.15) is 0 Å². The van der Waals surface area contributed by atoms with Crippen molar-refractivity contribution in [2.45, 2.75) is 65.0 Å². The number of hydrogen-bond donors (Lipinski definition) is 1. The van der Waals surface area contributed by atoms with Crippen LogP contribution in [0.15, 0.2) is 5.38 Å². The van der Waals surface area contributed by atoms with Gasteiger partial charge >= 0.3 is 0 Å². The highest BCUT2D eigenvalue weighted by Gasteiger charge is 2.30. The second-order valence-corrected chi connectivity index (χ2v) is 6.80. The summed E-state index contributed by atoms with van der Waals surface area (Å²) in [6.45, 7) is 10.3. The molecule has 0 fully saturated rings. The summed E-state index contributed by atoms with van der Waals surface area (Å²) in [5.41, 5.74) is 3.58. The van der Waals surface area contributed by atoms with Crippen LogP contribution in [0.5, 0.6) is 0 Å². The van der Waals surface area contributed by atoms with E-state index in [2.05, 4.69) is 38.4 Å². The van der Waals surface area contributed by atoms with Crippen molar-refractivity contribution >= 4 is 11.3 Å². The molecule has 1 heterocycles. The second kappa shape index (κ2) is 4.50. The van der Waals surface area contributed by atoms with Crippen LogP contribution < -0.4 is 5.32 Å². The molecule has 0 spiro atoms. The van der Waals surface area contributed by atoms with Gasteiger partial charge in [-0.3, -0.25) is 0 Å². The molecule has 1 aliphatic carbocycles. The highest BCUT2D eigenvalue weighted by Crippen LogP contribution is 2.41. The van der Waals surface area contributed by atoms with Gasteiger partial charge in [-0.2, -0.15) is 0 Å². The van der Waals surface area contributed by atoms with Gasteiger partial charge in [0.15, 0.2) is 0 Å². The van der Waals surface area contributed by atoms with E-state index >= 15 is 0 Å². The minimum Gasteiger partial charge on any atom is -0.310 e. The average molecular weight is 237 g/mol. The Morgan fingerprint density at radius 2 is 2.19 bits per heavy atom. The van der Waals surface area contributed by atoms with Crippen molar-refractivity contribution < 1.29 is 0 Å². The van der Waals surface area contributed by atoms with Crippen molar-refractivity contribution in [3.63, 3.8) is 0 Å². The van der Waals surface area contributed by atoms with Crippen LogP contribution in [0.3, 0.4) is 0 Å². The van der Waals surface area contributed by atoms with E-state index < -0.39 is 0 Å². The van der Waals surface area contributed by atoms with Crippen molar-refractivity contribution in [2.24, 2.45) is 0 Å². The zero-order chi connectivity index (χ0) is 11.8. The van der Waals surface area contributed by atoms with E-state index in [4.69, 9.17) is 0 Å². The maximum absolute atomic E-state index is 3.54. The number of rotatable bonds is 3. The van der Waals surface area contributed by atoms with Crippen molar-refractivity contribution in [3.8, 4) is 0 Å². The summed E-state index contributed by atoms with van der Waals surface area (Å²) in [6.07, 6.45) is 3.99. The van der Waals surface area contributed by atoms with Crippen molar-refractivity contribution in [1.29, 1.82) is 0 Å². The highest BCUT2D eigenvalue weighted by atomic mass is 32.1. The van der Waals surface area contributed by atoms with Crippen molar-refractivity contribution in [2.75, 3.05) is 0 Å². The van der Waals surface area contributed by atoms with Crippen LogP contribution in [0.4, 0.5) is 0 Å². The minimum absolute atomic E-state index is 0.390. The quantitative estimate of drug-likeness (QED) is 0.841. The molecule has 0 aliphatic heterocycles. The third-order valence-electron chi connectivity index (χ3n) is 3.53. The van der Waals surface area contributed by atoms with Gasteiger partial charge in [-0.05, 0) is 41.2 Å². The number of nitrogens with one attached hydrogen (secondary N) is 1. The van der Waals surface area contributed by atoms with Crippen molar-refractivity contribution in [1.82, 2.24) is 5.32 Å². The molecule has 16 heavy (non-hydrogen) atoms. The van der Waals surface area contributed by atoms with E-state index in [1.54, 1.807) is 16.0 Å². The fourth-order valence-electron chi connectivity index (χ4n) is 2.70. The van der Waals surface area contributed by atoms with Crippen LogP contribution in [0.2, 0.25) is 0 Å². The molecule has 0 radical (unpaired) electrons. The molecule has 1 aromatic heterocycles. The first-order valence-corrected chi connectivity index (χ1v) is 7.22. The van der Waals surface area contributed by atoms with Gasteiger partial charge in [0.25, 0.3) is 0 Å². The average Bonchev–Trinajstić information content (AvgIpc) is 2.59. The molecule has 0 saturated carbocycles. The lowest BCUT2D eigenvalue weighted by atomic mass is 9.74. The molecule has 0 bridgehead atoms. The summed E-state index contributed by atoms with van der Waals surface area (Å²) in [7, 11) is 0. The Bertz CT molecular complexity index is 363. The molecule has 0 aromatic carbocycles. The summed E-state index contributed by atoms with van der Waals surface area (Å²) in [4.78, 5) is 1.64. The van der Waals surface area contributed by atoms with E-state index in [0.29, 0.717) is 11.5 Å².